The maximum absolute atomic E-state index is 13.1. The molecule has 4 rings (SSSR count). The first-order valence-electron chi connectivity index (χ1n) is 9.47. The number of nitrogens with two attached hydrogens (primary N) is 1. The molecule has 0 unspecified atom stereocenters. The van der Waals surface area contributed by atoms with Gasteiger partial charge in [0, 0.05) is 16.5 Å². The van der Waals surface area contributed by atoms with Gasteiger partial charge in [-0.3, -0.25) is 4.79 Å². The van der Waals surface area contributed by atoms with Crippen molar-refractivity contribution in [2.24, 2.45) is 0 Å². The first kappa shape index (κ1) is 21.0. The Morgan fingerprint density at radius 1 is 1.13 bits per heavy atom. The average molecular weight is 455 g/mol. The summed E-state index contributed by atoms with van der Waals surface area (Å²) in [5.41, 5.74) is 3.73. The minimum atomic E-state index is -0.346. The molecular weight excluding hydrogens is 435 g/mol. The molecule has 10 heteroatoms. The summed E-state index contributed by atoms with van der Waals surface area (Å²) in [5, 5.41) is 13.7. The van der Waals surface area contributed by atoms with Crippen molar-refractivity contribution in [1.82, 2.24) is 19.9 Å². The topological polar surface area (TPSA) is 98.7 Å². The van der Waals surface area contributed by atoms with Gasteiger partial charge in [0.1, 0.15) is 5.82 Å². The van der Waals surface area contributed by atoms with E-state index in [1.807, 2.05) is 17.5 Å². The van der Waals surface area contributed by atoms with Gasteiger partial charge in [0.05, 0.1) is 11.4 Å². The Kier molecular flexibility index (Phi) is 6.28. The molecule has 0 saturated carbocycles. The maximum Gasteiger partial charge on any atom is 0.236 e. The minimum Gasteiger partial charge on any atom is -0.335 e. The van der Waals surface area contributed by atoms with Crippen LogP contribution in [-0.4, -0.2) is 31.5 Å². The summed E-state index contributed by atoms with van der Waals surface area (Å²) >= 11 is 2.52. The molecule has 0 aliphatic carbocycles. The molecule has 0 spiro atoms. The van der Waals surface area contributed by atoms with E-state index in [0.717, 1.165) is 29.4 Å². The molecule has 2 heterocycles. The van der Waals surface area contributed by atoms with Gasteiger partial charge in [-0.2, -0.15) is 0 Å². The van der Waals surface area contributed by atoms with Gasteiger partial charge < -0.3 is 11.2 Å². The second-order valence-electron chi connectivity index (χ2n) is 6.61. The highest BCUT2D eigenvalue weighted by molar-refractivity contribution is 7.99. The summed E-state index contributed by atoms with van der Waals surface area (Å²) in [6, 6.07) is 14.0. The Labute approximate surface area is 186 Å². The summed E-state index contributed by atoms with van der Waals surface area (Å²) in [7, 11) is 0. The number of thiazole rings is 1. The lowest BCUT2D eigenvalue weighted by Crippen LogP contribution is -2.16. The number of thioether (sulfide) groups is 1. The number of carbonyl (C=O) groups excluding carboxylic acids is 1. The van der Waals surface area contributed by atoms with Crippen LogP contribution in [0.25, 0.3) is 22.6 Å². The lowest BCUT2D eigenvalue weighted by molar-refractivity contribution is -0.113. The molecule has 3 N–H and O–H groups in total. The molecule has 0 saturated heterocycles. The molecule has 0 aliphatic rings. The first-order chi connectivity index (χ1) is 15.0. The highest BCUT2D eigenvalue weighted by atomic mass is 32.2. The summed E-state index contributed by atoms with van der Waals surface area (Å²) in [6.45, 7) is 2.11. The van der Waals surface area contributed by atoms with Gasteiger partial charge >= 0.3 is 0 Å². The van der Waals surface area contributed by atoms with Gasteiger partial charge in [-0.1, -0.05) is 43.0 Å². The number of amides is 1. The van der Waals surface area contributed by atoms with E-state index in [2.05, 4.69) is 39.6 Å². The van der Waals surface area contributed by atoms with Gasteiger partial charge in [0.25, 0.3) is 0 Å². The molecule has 4 aromatic rings. The number of hydrogen-bond acceptors (Lipinski definition) is 7. The van der Waals surface area contributed by atoms with Crippen LogP contribution in [0.5, 0.6) is 0 Å². The molecule has 0 aliphatic heterocycles. The first-order valence-corrected chi connectivity index (χ1v) is 11.3. The molecule has 2 aromatic heterocycles. The monoisotopic (exact) mass is 454 g/mol. The van der Waals surface area contributed by atoms with E-state index in [1.165, 1.54) is 33.7 Å². The number of anilines is 1. The molecule has 1 amide bonds. The van der Waals surface area contributed by atoms with Gasteiger partial charge in [-0.25, -0.2) is 14.1 Å². The zero-order valence-corrected chi connectivity index (χ0v) is 18.2. The number of hydrogen-bond donors (Lipinski definition) is 2. The molecule has 0 fully saturated rings. The quantitative estimate of drug-likeness (QED) is 0.321. The van der Waals surface area contributed by atoms with E-state index in [1.54, 1.807) is 12.1 Å². The number of benzene rings is 2. The van der Waals surface area contributed by atoms with Crippen molar-refractivity contribution in [3.8, 4) is 22.6 Å². The second kappa shape index (κ2) is 9.27. The normalized spacial score (nSPS) is 10.9. The highest BCUT2D eigenvalue weighted by Gasteiger charge is 2.15. The summed E-state index contributed by atoms with van der Waals surface area (Å²) in [5.74, 6) is 5.95. The summed E-state index contributed by atoms with van der Waals surface area (Å²) in [4.78, 5) is 16.8. The van der Waals surface area contributed by atoms with E-state index in [4.69, 9.17) is 5.84 Å². The number of nitrogen functional groups attached to an aromatic ring is 1. The minimum absolute atomic E-state index is 0.0961. The third-order valence-corrected chi connectivity index (χ3v) is 6.21. The molecule has 2 aromatic carbocycles. The van der Waals surface area contributed by atoms with Crippen molar-refractivity contribution in [1.29, 1.82) is 0 Å². The number of rotatable bonds is 7. The third kappa shape index (κ3) is 4.92. The SMILES string of the molecule is CCc1ccc(-c2csc(NC(=O)CSc3nnc(-c4ccc(F)cc4)n3N)n2)cc1. The molecule has 7 nitrogen and oxygen atoms in total. The van der Waals surface area contributed by atoms with Crippen molar-refractivity contribution in [3.05, 3.63) is 65.3 Å². The van der Waals surface area contributed by atoms with Crippen molar-refractivity contribution in [3.63, 3.8) is 0 Å². The number of nitrogens with zero attached hydrogens (tertiary/aromatic N) is 4. The van der Waals surface area contributed by atoms with Gasteiger partial charge in [-0.05, 0) is 36.2 Å². The molecule has 31 heavy (non-hydrogen) atoms. The van der Waals surface area contributed by atoms with Crippen molar-refractivity contribution in [2.75, 3.05) is 16.9 Å². The number of carbonyl (C=O) groups is 1. The molecule has 158 valence electrons. The summed E-state index contributed by atoms with van der Waals surface area (Å²) < 4.78 is 14.4. The predicted octanol–water partition coefficient (Wildman–Crippen LogP) is 4.21. The van der Waals surface area contributed by atoms with Gasteiger partial charge in [0.2, 0.25) is 11.1 Å². The second-order valence-corrected chi connectivity index (χ2v) is 8.41. The van der Waals surface area contributed by atoms with Crippen molar-refractivity contribution < 1.29 is 9.18 Å². The molecular formula is C21H19FN6OS2. The standard InChI is InChI=1S/C21H19FN6OS2/c1-2-13-3-5-14(6-4-13)17-11-30-20(24-17)25-18(29)12-31-21-27-26-19(28(21)23)15-7-9-16(22)10-8-15/h3-11H,2,12,23H2,1H3,(H,24,25,29). The number of aromatic nitrogens is 4. The Bertz CT molecular complexity index is 1190. The lowest BCUT2D eigenvalue weighted by Gasteiger charge is -2.04. The Morgan fingerprint density at radius 3 is 2.55 bits per heavy atom. The predicted molar refractivity (Wildman–Crippen MR) is 122 cm³/mol. The van der Waals surface area contributed by atoms with E-state index in [9.17, 15) is 9.18 Å². The van der Waals surface area contributed by atoms with E-state index in [0.29, 0.717) is 21.7 Å². The van der Waals surface area contributed by atoms with Crippen LogP contribution < -0.4 is 11.2 Å². The zero-order chi connectivity index (χ0) is 21.8. The highest BCUT2D eigenvalue weighted by Crippen LogP contribution is 2.26. The van der Waals surface area contributed by atoms with Crippen LogP contribution in [0.3, 0.4) is 0 Å². The fourth-order valence-corrected chi connectivity index (χ4v) is 4.22. The Hall–Kier alpha value is -3.24. The Balaban J connectivity index is 1.36. The third-order valence-electron chi connectivity index (χ3n) is 4.51. The summed E-state index contributed by atoms with van der Waals surface area (Å²) in [6.07, 6.45) is 0.984. The largest absolute Gasteiger partial charge is 0.335 e. The molecule has 0 bridgehead atoms. The van der Waals surface area contributed by atoms with E-state index in [-0.39, 0.29) is 17.5 Å². The van der Waals surface area contributed by atoms with Crippen LogP contribution >= 0.6 is 23.1 Å². The van der Waals surface area contributed by atoms with Crippen LogP contribution in [0.2, 0.25) is 0 Å². The smallest absolute Gasteiger partial charge is 0.236 e. The molecule has 0 atom stereocenters. The van der Waals surface area contributed by atoms with Crippen molar-refractivity contribution >= 4 is 34.1 Å². The maximum atomic E-state index is 13.1. The molecule has 0 radical (unpaired) electrons. The fourth-order valence-electron chi connectivity index (χ4n) is 2.83. The van der Waals surface area contributed by atoms with Crippen LogP contribution in [0.15, 0.2) is 59.1 Å². The van der Waals surface area contributed by atoms with E-state index >= 15 is 0 Å². The zero-order valence-electron chi connectivity index (χ0n) is 16.6. The van der Waals surface area contributed by atoms with E-state index < -0.39 is 0 Å². The Morgan fingerprint density at radius 2 is 1.84 bits per heavy atom. The number of halogens is 1. The number of aryl methyl sites for hydroxylation is 1. The fraction of sp³-hybridized carbons (Fsp3) is 0.143. The lowest BCUT2D eigenvalue weighted by atomic mass is 10.1. The van der Waals surface area contributed by atoms with Crippen LogP contribution in [0.1, 0.15) is 12.5 Å². The van der Waals surface area contributed by atoms with Crippen molar-refractivity contribution in [2.45, 2.75) is 18.5 Å². The van der Waals surface area contributed by atoms with Crippen LogP contribution in [0.4, 0.5) is 9.52 Å². The average Bonchev–Trinajstić information content (AvgIpc) is 3.39. The number of nitrogens with one attached hydrogen (secondary N) is 1. The van der Waals surface area contributed by atoms with Gasteiger partial charge in [-0.15, -0.1) is 21.5 Å². The van der Waals surface area contributed by atoms with Gasteiger partial charge in [0.15, 0.2) is 11.0 Å². The van der Waals surface area contributed by atoms with Crippen LogP contribution in [-0.2, 0) is 11.2 Å². The van der Waals surface area contributed by atoms with Crippen LogP contribution in [0, 0.1) is 5.82 Å².